The van der Waals surface area contributed by atoms with Crippen LogP contribution in [-0.4, -0.2) is 11.1 Å². The largest absolute Gasteiger partial charge is 0.478 e. The molecule has 0 aliphatic carbocycles. The number of nitrogen functional groups attached to an aromatic ring is 1. The number of halogens is 2. The summed E-state index contributed by atoms with van der Waals surface area (Å²) in [4.78, 5) is 11.1. The predicted molar refractivity (Wildman–Crippen MR) is 78.0 cm³/mol. The van der Waals surface area contributed by atoms with Crippen LogP contribution in [0.25, 0.3) is 11.1 Å². The normalized spacial score (nSPS) is 10.5. The molecule has 0 aliphatic heterocycles. The van der Waals surface area contributed by atoms with Crippen LogP contribution in [0.15, 0.2) is 30.3 Å². The number of rotatable bonds is 2. The Morgan fingerprint density at radius 2 is 1.89 bits per heavy atom. The Morgan fingerprint density at radius 1 is 1.21 bits per heavy atom. The van der Waals surface area contributed by atoms with E-state index in [0.29, 0.717) is 21.2 Å². The van der Waals surface area contributed by atoms with E-state index >= 15 is 0 Å². The van der Waals surface area contributed by atoms with Crippen LogP contribution in [-0.2, 0) is 0 Å². The number of carboxylic acid groups (broad SMARTS) is 1. The number of hydrogen-bond donors (Lipinski definition) is 2. The molecule has 98 valence electrons. The molecular weight excluding hydrogens is 285 g/mol. The molecule has 0 unspecified atom stereocenters. The van der Waals surface area contributed by atoms with Crippen LogP contribution in [0.2, 0.25) is 10.0 Å². The van der Waals surface area contributed by atoms with Crippen molar-refractivity contribution in [1.82, 2.24) is 0 Å². The highest BCUT2D eigenvalue weighted by atomic mass is 35.5. The molecular formula is C14H11Cl2NO2. The molecule has 0 atom stereocenters. The summed E-state index contributed by atoms with van der Waals surface area (Å²) in [7, 11) is 0. The van der Waals surface area contributed by atoms with Crippen LogP contribution < -0.4 is 5.73 Å². The van der Waals surface area contributed by atoms with Crippen LogP contribution in [0.4, 0.5) is 5.69 Å². The zero-order chi connectivity index (χ0) is 14.2. The first-order valence-corrected chi connectivity index (χ1v) is 6.26. The second kappa shape index (κ2) is 5.11. The summed E-state index contributed by atoms with van der Waals surface area (Å²) in [6.45, 7) is 1.85. The number of para-hydroxylation sites is 1. The number of aryl methyl sites for hydroxylation is 1. The predicted octanol–water partition coefficient (Wildman–Crippen LogP) is 4.25. The van der Waals surface area contributed by atoms with Gasteiger partial charge in [-0.25, -0.2) is 4.79 Å². The maximum Gasteiger partial charge on any atom is 0.337 e. The molecule has 0 fully saturated rings. The Balaban J connectivity index is 2.77. The molecule has 0 spiro atoms. The number of carboxylic acids is 1. The van der Waals surface area contributed by atoms with Crippen molar-refractivity contribution in [3.05, 3.63) is 51.5 Å². The topological polar surface area (TPSA) is 63.3 Å². The smallest absolute Gasteiger partial charge is 0.337 e. The van der Waals surface area contributed by atoms with E-state index in [1.165, 1.54) is 6.07 Å². The third kappa shape index (κ3) is 2.39. The minimum Gasteiger partial charge on any atom is -0.478 e. The molecule has 2 rings (SSSR count). The van der Waals surface area contributed by atoms with Crippen LogP contribution in [0.3, 0.4) is 0 Å². The highest BCUT2D eigenvalue weighted by Gasteiger charge is 2.17. The number of hydrogen-bond acceptors (Lipinski definition) is 2. The lowest BCUT2D eigenvalue weighted by atomic mass is 9.98. The molecule has 3 nitrogen and oxygen atoms in total. The van der Waals surface area contributed by atoms with Crippen LogP contribution in [0, 0.1) is 6.92 Å². The van der Waals surface area contributed by atoms with Gasteiger partial charge in [0.2, 0.25) is 0 Å². The van der Waals surface area contributed by atoms with E-state index in [0.717, 1.165) is 5.56 Å². The SMILES string of the molecule is Cc1ccc(Cl)c(-c2cccc(C(=O)O)c2N)c1Cl. The average molecular weight is 296 g/mol. The molecule has 3 N–H and O–H groups in total. The van der Waals surface area contributed by atoms with Gasteiger partial charge in [0.1, 0.15) is 0 Å². The standard InChI is InChI=1S/C14H11Cl2NO2/c1-7-5-6-10(15)11(12(7)16)8-3-2-4-9(13(8)17)14(18)19/h2-6H,17H2,1H3,(H,18,19). The average Bonchev–Trinajstić information content (AvgIpc) is 2.36. The molecule has 0 radical (unpaired) electrons. The van der Waals surface area contributed by atoms with Gasteiger partial charge in [-0.3, -0.25) is 0 Å². The summed E-state index contributed by atoms with van der Waals surface area (Å²) < 4.78 is 0. The molecule has 5 heteroatoms. The molecule has 0 aliphatic rings. The first-order chi connectivity index (χ1) is 8.93. The van der Waals surface area contributed by atoms with Crippen molar-refractivity contribution in [2.24, 2.45) is 0 Å². The Hall–Kier alpha value is -1.71. The number of carbonyl (C=O) groups is 1. The van der Waals surface area contributed by atoms with Crippen molar-refractivity contribution in [2.75, 3.05) is 5.73 Å². The monoisotopic (exact) mass is 295 g/mol. The van der Waals surface area contributed by atoms with Gasteiger partial charge in [0.05, 0.1) is 16.3 Å². The third-order valence-corrected chi connectivity index (χ3v) is 3.69. The van der Waals surface area contributed by atoms with E-state index in [1.807, 2.05) is 6.92 Å². The van der Waals surface area contributed by atoms with Crippen LogP contribution in [0.1, 0.15) is 15.9 Å². The summed E-state index contributed by atoms with van der Waals surface area (Å²) in [5.74, 6) is -1.08. The fourth-order valence-electron chi connectivity index (χ4n) is 1.87. The van der Waals surface area contributed by atoms with Crippen molar-refractivity contribution in [1.29, 1.82) is 0 Å². The zero-order valence-corrected chi connectivity index (χ0v) is 11.6. The summed E-state index contributed by atoms with van der Waals surface area (Å²) in [5.41, 5.74) is 8.03. The fraction of sp³-hybridized carbons (Fsp3) is 0.0714. The maximum absolute atomic E-state index is 11.1. The molecule has 0 heterocycles. The van der Waals surface area contributed by atoms with Gasteiger partial charge in [-0.2, -0.15) is 0 Å². The lowest BCUT2D eigenvalue weighted by Crippen LogP contribution is -2.04. The van der Waals surface area contributed by atoms with Gasteiger partial charge < -0.3 is 10.8 Å². The molecule has 19 heavy (non-hydrogen) atoms. The minimum absolute atomic E-state index is 0.0335. The van der Waals surface area contributed by atoms with E-state index in [4.69, 9.17) is 34.0 Å². The maximum atomic E-state index is 11.1. The fourth-order valence-corrected chi connectivity index (χ4v) is 2.45. The first kappa shape index (κ1) is 13.7. The van der Waals surface area contributed by atoms with Crippen molar-refractivity contribution < 1.29 is 9.90 Å². The first-order valence-electron chi connectivity index (χ1n) is 5.50. The zero-order valence-electron chi connectivity index (χ0n) is 10.1. The van der Waals surface area contributed by atoms with Gasteiger partial charge in [0.25, 0.3) is 0 Å². The Kier molecular flexibility index (Phi) is 3.69. The molecule has 2 aromatic rings. The van der Waals surface area contributed by atoms with E-state index in [-0.39, 0.29) is 11.3 Å². The van der Waals surface area contributed by atoms with Gasteiger partial charge >= 0.3 is 5.97 Å². The summed E-state index contributed by atoms with van der Waals surface area (Å²) in [5, 5.41) is 9.99. The highest BCUT2D eigenvalue weighted by Crippen LogP contribution is 2.40. The van der Waals surface area contributed by atoms with Gasteiger partial charge in [-0.15, -0.1) is 0 Å². The van der Waals surface area contributed by atoms with E-state index in [2.05, 4.69) is 0 Å². The Labute approximate surface area is 120 Å². The number of anilines is 1. The van der Waals surface area contributed by atoms with E-state index in [9.17, 15) is 4.79 Å². The molecule has 0 saturated carbocycles. The molecule has 0 amide bonds. The number of benzene rings is 2. The van der Waals surface area contributed by atoms with Crippen LogP contribution in [0.5, 0.6) is 0 Å². The molecule has 0 saturated heterocycles. The van der Waals surface area contributed by atoms with E-state index in [1.54, 1.807) is 24.3 Å². The highest BCUT2D eigenvalue weighted by molar-refractivity contribution is 6.40. The molecule has 0 bridgehead atoms. The summed E-state index contributed by atoms with van der Waals surface area (Å²) in [6.07, 6.45) is 0. The Morgan fingerprint density at radius 3 is 2.53 bits per heavy atom. The molecule has 2 aromatic carbocycles. The number of nitrogens with two attached hydrogens (primary N) is 1. The van der Waals surface area contributed by atoms with E-state index < -0.39 is 5.97 Å². The minimum atomic E-state index is -1.08. The van der Waals surface area contributed by atoms with Gasteiger partial charge in [-0.05, 0) is 24.6 Å². The van der Waals surface area contributed by atoms with Gasteiger partial charge in [0.15, 0.2) is 0 Å². The lowest BCUT2D eigenvalue weighted by molar-refractivity contribution is 0.0698. The van der Waals surface area contributed by atoms with Crippen molar-refractivity contribution in [3.63, 3.8) is 0 Å². The van der Waals surface area contributed by atoms with Crippen molar-refractivity contribution in [3.8, 4) is 11.1 Å². The summed E-state index contributed by atoms with van der Waals surface area (Å²) in [6, 6.07) is 8.27. The van der Waals surface area contributed by atoms with Gasteiger partial charge in [0, 0.05) is 16.1 Å². The number of aromatic carboxylic acids is 1. The third-order valence-electron chi connectivity index (χ3n) is 2.89. The van der Waals surface area contributed by atoms with Gasteiger partial charge in [-0.1, -0.05) is 41.4 Å². The quantitative estimate of drug-likeness (QED) is 0.814. The summed E-state index contributed by atoms with van der Waals surface area (Å²) >= 11 is 12.4. The van der Waals surface area contributed by atoms with Crippen molar-refractivity contribution >= 4 is 34.9 Å². The van der Waals surface area contributed by atoms with Crippen LogP contribution >= 0.6 is 23.2 Å². The second-order valence-corrected chi connectivity index (χ2v) is 4.91. The Bertz CT molecular complexity index is 669. The molecule has 0 aromatic heterocycles. The lowest BCUT2D eigenvalue weighted by Gasteiger charge is -2.13. The van der Waals surface area contributed by atoms with Crippen molar-refractivity contribution in [2.45, 2.75) is 6.92 Å². The second-order valence-electron chi connectivity index (χ2n) is 4.13.